The van der Waals surface area contributed by atoms with Crippen molar-refractivity contribution in [2.24, 2.45) is 18.4 Å². The Hall–Kier alpha value is -1.79. The van der Waals surface area contributed by atoms with Gasteiger partial charge in [-0.3, -0.25) is 9.36 Å². The van der Waals surface area contributed by atoms with E-state index in [1.165, 1.54) is 4.57 Å². The molecule has 4 rings (SSSR count). The van der Waals surface area contributed by atoms with Crippen LogP contribution in [0.5, 0.6) is 0 Å². The highest BCUT2D eigenvalue weighted by atomic mass is 35.5. The maximum atomic E-state index is 12.5. The third-order valence-electron chi connectivity index (χ3n) is 5.16. The molecule has 23 heavy (non-hydrogen) atoms. The molecule has 2 aliphatic rings. The van der Waals surface area contributed by atoms with Crippen LogP contribution < -0.4 is 16.4 Å². The van der Waals surface area contributed by atoms with Gasteiger partial charge in [0.25, 0.3) is 0 Å². The van der Waals surface area contributed by atoms with E-state index in [9.17, 15) is 9.59 Å². The summed E-state index contributed by atoms with van der Waals surface area (Å²) in [6.45, 7) is 2.01. The molecule has 7 heteroatoms. The molecule has 0 bridgehead atoms. The molecule has 2 fully saturated rings. The first kappa shape index (κ1) is 16.1. The lowest BCUT2D eigenvalue weighted by Crippen LogP contribution is -2.31. The summed E-state index contributed by atoms with van der Waals surface area (Å²) < 4.78 is 6.54. The third-order valence-corrected chi connectivity index (χ3v) is 5.16. The van der Waals surface area contributed by atoms with Crippen molar-refractivity contribution in [3.63, 3.8) is 0 Å². The van der Waals surface area contributed by atoms with Crippen LogP contribution in [0.3, 0.4) is 0 Å². The van der Waals surface area contributed by atoms with Crippen molar-refractivity contribution in [1.82, 2.24) is 9.88 Å². The minimum atomic E-state index is -0.394. The monoisotopic (exact) mass is 337 g/mol. The molecular formula is C16H20ClN3O3. The Morgan fingerprint density at radius 3 is 2.87 bits per heavy atom. The molecule has 1 aliphatic carbocycles. The van der Waals surface area contributed by atoms with Crippen molar-refractivity contribution < 1.29 is 9.21 Å². The SMILES string of the molecule is Cl.Cn1c(=O)oc2ccc(NC(=O)C3CC34CCNCC4)cc21. The summed E-state index contributed by atoms with van der Waals surface area (Å²) in [6.07, 6.45) is 3.16. The van der Waals surface area contributed by atoms with Crippen LogP contribution in [-0.4, -0.2) is 23.6 Å². The normalized spacial score (nSPS) is 21.9. The first-order chi connectivity index (χ1) is 10.6. The Kier molecular flexibility index (Phi) is 3.98. The number of piperidine rings is 1. The molecular weight excluding hydrogens is 318 g/mol. The van der Waals surface area contributed by atoms with E-state index in [0.29, 0.717) is 16.8 Å². The number of carbonyl (C=O) groups is 1. The Balaban J connectivity index is 0.00000156. The van der Waals surface area contributed by atoms with E-state index in [-0.39, 0.29) is 29.6 Å². The van der Waals surface area contributed by atoms with Gasteiger partial charge in [0.05, 0.1) is 5.52 Å². The van der Waals surface area contributed by atoms with Gasteiger partial charge in [-0.25, -0.2) is 4.79 Å². The molecule has 1 aromatic carbocycles. The average molecular weight is 338 g/mol. The molecule has 1 atom stereocenters. The number of rotatable bonds is 2. The van der Waals surface area contributed by atoms with Crippen molar-refractivity contribution in [2.45, 2.75) is 19.3 Å². The standard InChI is InChI=1S/C16H19N3O3.ClH/c1-19-12-8-10(2-3-13(12)22-15(19)21)18-14(20)11-9-16(11)4-6-17-7-5-16;/h2-3,8,11,17H,4-7,9H2,1H3,(H,18,20);1H. The Labute approximate surface area is 139 Å². The van der Waals surface area contributed by atoms with E-state index in [0.717, 1.165) is 32.4 Å². The van der Waals surface area contributed by atoms with Gasteiger partial charge in [-0.05, 0) is 56.0 Å². The van der Waals surface area contributed by atoms with E-state index >= 15 is 0 Å². The zero-order valence-electron chi connectivity index (χ0n) is 12.9. The second-order valence-corrected chi connectivity index (χ2v) is 6.47. The molecule has 1 amide bonds. The molecule has 1 unspecified atom stereocenters. The second kappa shape index (κ2) is 5.69. The number of fused-ring (bicyclic) bond motifs is 1. The third kappa shape index (κ3) is 2.66. The summed E-state index contributed by atoms with van der Waals surface area (Å²) in [4.78, 5) is 23.9. The number of carbonyl (C=O) groups excluding carboxylic acids is 1. The topological polar surface area (TPSA) is 76.3 Å². The number of anilines is 1. The number of aryl methyl sites for hydroxylation is 1. The van der Waals surface area contributed by atoms with Crippen LogP contribution in [0.4, 0.5) is 5.69 Å². The lowest BCUT2D eigenvalue weighted by molar-refractivity contribution is -0.118. The van der Waals surface area contributed by atoms with Crippen LogP contribution in [0.25, 0.3) is 11.1 Å². The number of benzene rings is 1. The molecule has 2 aromatic rings. The number of nitrogens with zero attached hydrogens (tertiary/aromatic N) is 1. The number of amides is 1. The van der Waals surface area contributed by atoms with E-state index in [1.807, 2.05) is 0 Å². The fourth-order valence-corrected chi connectivity index (χ4v) is 3.63. The van der Waals surface area contributed by atoms with E-state index in [2.05, 4.69) is 10.6 Å². The van der Waals surface area contributed by atoms with E-state index in [1.54, 1.807) is 25.2 Å². The second-order valence-electron chi connectivity index (χ2n) is 6.47. The van der Waals surface area contributed by atoms with Crippen LogP contribution in [0.2, 0.25) is 0 Å². The maximum Gasteiger partial charge on any atom is 0.419 e. The molecule has 2 N–H and O–H groups in total. The van der Waals surface area contributed by atoms with E-state index in [4.69, 9.17) is 4.42 Å². The quantitative estimate of drug-likeness (QED) is 0.877. The highest BCUT2D eigenvalue weighted by Crippen LogP contribution is 2.58. The summed E-state index contributed by atoms with van der Waals surface area (Å²) in [7, 11) is 1.66. The molecule has 1 saturated carbocycles. The highest BCUT2D eigenvalue weighted by molar-refractivity contribution is 5.96. The van der Waals surface area contributed by atoms with Crippen LogP contribution in [0, 0.1) is 11.3 Å². The van der Waals surface area contributed by atoms with Gasteiger partial charge in [0.1, 0.15) is 0 Å². The van der Waals surface area contributed by atoms with Crippen molar-refractivity contribution in [2.75, 3.05) is 18.4 Å². The summed E-state index contributed by atoms with van der Waals surface area (Å²) >= 11 is 0. The van der Waals surface area contributed by atoms with Crippen molar-refractivity contribution in [3.8, 4) is 0 Å². The fraction of sp³-hybridized carbons (Fsp3) is 0.500. The number of hydrogen-bond donors (Lipinski definition) is 2. The van der Waals surface area contributed by atoms with Gasteiger partial charge in [-0.2, -0.15) is 0 Å². The minimum absolute atomic E-state index is 0. The van der Waals surface area contributed by atoms with Crippen molar-refractivity contribution >= 4 is 35.1 Å². The van der Waals surface area contributed by atoms with Gasteiger partial charge >= 0.3 is 5.76 Å². The fourth-order valence-electron chi connectivity index (χ4n) is 3.63. The molecule has 1 spiro atoms. The lowest BCUT2D eigenvalue weighted by Gasteiger charge is -2.23. The Bertz CT molecular complexity index is 804. The highest BCUT2D eigenvalue weighted by Gasteiger charge is 2.57. The average Bonchev–Trinajstić information content (AvgIpc) is 3.13. The molecule has 1 saturated heterocycles. The van der Waals surface area contributed by atoms with Crippen LogP contribution in [-0.2, 0) is 11.8 Å². The van der Waals surface area contributed by atoms with Gasteiger partial charge < -0.3 is 15.1 Å². The summed E-state index contributed by atoms with van der Waals surface area (Å²) in [5, 5.41) is 6.33. The van der Waals surface area contributed by atoms with Gasteiger partial charge in [-0.1, -0.05) is 0 Å². The first-order valence-electron chi connectivity index (χ1n) is 7.70. The maximum absolute atomic E-state index is 12.5. The number of oxazole rings is 1. The van der Waals surface area contributed by atoms with Crippen molar-refractivity contribution in [3.05, 3.63) is 28.7 Å². The van der Waals surface area contributed by atoms with Crippen LogP contribution in [0.15, 0.2) is 27.4 Å². The minimum Gasteiger partial charge on any atom is -0.408 e. The van der Waals surface area contributed by atoms with E-state index < -0.39 is 5.76 Å². The molecule has 0 radical (unpaired) electrons. The van der Waals surface area contributed by atoms with Crippen LogP contribution in [0.1, 0.15) is 19.3 Å². The first-order valence-corrected chi connectivity index (χ1v) is 7.70. The summed E-state index contributed by atoms with van der Waals surface area (Å²) in [5.74, 6) is -0.178. The number of aromatic nitrogens is 1. The molecule has 124 valence electrons. The van der Waals surface area contributed by atoms with Gasteiger partial charge in [0, 0.05) is 18.7 Å². The summed E-state index contributed by atoms with van der Waals surface area (Å²) in [6, 6.07) is 5.29. The Morgan fingerprint density at radius 1 is 1.39 bits per heavy atom. The van der Waals surface area contributed by atoms with Crippen molar-refractivity contribution in [1.29, 1.82) is 0 Å². The lowest BCUT2D eigenvalue weighted by atomic mass is 9.92. The molecule has 1 aliphatic heterocycles. The Morgan fingerprint density at radius 2 is 2.13 bits per heavy atom. The predicted molar refractivity (Wildman–Crippen MR) is 90.0 cm³/mol. The van der Waals surface area contributed by atoms with Gasteiger partial charge in [-0.15, -0.1) is 12.4 Å². The predicted octanol–water partition coefficient (Wildman–Crippen LogP) is 1.88. The largest absolute Gasteiger partial charge is 0.419 e. The molecule has 2 heterocycles. The van der Waals surface area contributed by atoms with Gasteiger partial charge in [0.15, 0.2) is 5.58 Å². The van der Waals surface area contributed by atoms with Crippen LogP contribution >= 0.6 is 12.4 Å². The number of hydrogen-bond acceptors (Lipinski definition) is 4. The van der Waals surface area contributed by atoms with Gasteiger partial charge in [0.2, 0.25) is 5.91 Å². The zero-order chi connectivity index (χ0) is 15.3. The number of halogens is 1. The molecule has 1 aromatic heterocycles. The molecule has 6 nitrogen and oxygen atoms in total. The summed E-state index contributed by atoms with van der Waals surface area (Å²) in [5.41, 5.74) is 2.16. The number of nitrogens with one attached hydrogen (secondary N) is 2. The zero-order valence-corrected chi connectivity index (χ0v) is 13.7. The smallest absolute Gasteiger partial charge is 0.408 e.